The summed E-state index contributed by atoms with van der Waals surface area (Å²) in [6.45, 7) is 1.56. The monoisotopic (exact) mass is 488 g/mol. The fraction of sp³-hybridized carbons (Fsp3) is 0.455. The van der Waals surface area contributed by atoms with Crippen LogP contribution < -0.4 is 5.32 Å². The molecule has 2 aromatic heterocycles. The predicted molar refractivity (Wildman–Crippen MR) is 117 cm³/mol. The van der Waals surface area contributed by atoms with E-state index in [-0.39, 0.29) is 29.4 Å². The zero-order chi connectivity index (χ0) is 21.8. The first kappa shape index (κ1) is 21.5. The molecule has 0 aliphatic carbocycles. The smallest absolute Gasteiger partial charge is 0.290 e. The lowest BCUT2D eigenvalue weighted by Crippen LogP contribution is -2.54. The predicted octanol–water partition coefficient (Wildman–Crippen LogP) is 3.31. The van der Waals surface area contributed by atoms with Crippen LogP contribution in [0.3, 0.4) is 0 Å². The van der Waals surface area contributed by atoms with E-state index in [9.17, 15) is 14.4 Å². The summed E-state index contributed by atoms with van der Waals surface area (Å²) in [5, 5.41) is 2.85. The van der Waals surface area contributed by atoms with Crippen molar-refractivity contribution in [1.82, 2.24) is 14.8 Å². The highest BCUT2D eigenvalue weighted by Crippen LogP contribution is 2.25. The van der Waals surface area contributed by atoms with E-state index in [0.29, 0.717) is 44.7 Å². The molecule has 1 atom stereocenters. The molecule has 0 aromatic carbocycles. The summed E-state index contributed by atoms with van der Waals surface area (Å²) in [6.07, 6.45) is 6.73. The van der Waals surface area contributed by atoms with E-state index in [2.05, 4.69) is 26.2 Å². The number of nitrogens with one attached hydrogen (secondary N) is 1. The number of nitrogens with zero attached hydrogens (tertiary/aromatic N) is 3. The van der Waals surface area contributed by atoms with Gasteiger partial charge in [0.25, 0.3) is 5.91 Å². The maximum absolute atomic E-state index is 13.2. The van der Waals surface area contributed by atoms with Crippen LogP contribution in [0.25, 0.3) is 0 Å². The second kappa shape index (κ2) is 9.64. The number of hydrogen-bond donors (Lipinski definition) is 1. The highest BCUT2D eigenvalue weighted by Gasteiger charge is 2.37. The summed E-state index contributed by atoms with van der Waals surface area (Å²) < 4.78 is 6.10. The molecule has 9 heteroatoms. The third kappa shape index (κ3) is 4.98. The Balaban J connectivity index is 1.34. The first-order chi connectivity index (χ1) is 15.0. The van der Waals surface area contributed by atoms with E-state index < -0.39 is 6.04 Å². The zero-order valence-corrected chi connectivity index (χ0v) is 18.7. The number of rotatable bonds is 4. The van der Waals surface area contributed by atoms with Gasteiger partial charge in [0.05, 0.1) is 6.26 Å². The molecule has 31 heavy (non-hydrogen) atoms. The molecular weight excluding hydrogens is 464 g/mol. The molecule has 1 unspecified atom stereocenters. The highest BCUT2D eigenvalue weighted by atomic mass is 79.9. The number of hydrogen-bond acceptors (Lipinski definition) is 5. The third-order valence-corrected chi connectivity index (χ3v) is 6.41. The van der Waals surface area contributed by atoms with Gasteiger partial charge in [-0.05, 0) is 72.3 Å². The standard InChI is InChI=1S/C22H25BrN4O4/c23-16-6-7-19(24-14-16)25-20(28)15-8-11-26(12-9-15)21(29)17-4-1-2-10-27(17)22(30)18-5-3-13-31-18/h3,5-7,13-15,17H,1-2,4,8-12H2,(H,24,25,28). The second-order valence-electron chi connectivity index (χ2n) is 7.94. The zero-order valence-electron chi connectivity index (χ0n) is 17.1. The number of likely N-dealkylation sites (tertiary alicyclic amines) is 2. The number of carbonyl (C=O) groups excluding carboxylic acids is 3. The van der Waals surface area contributed by atoms with Gasteiger partial charge in [0, 0.05) is 36.2 Å². The Bertz CT molecular complexity index is 923. The molecule has 164 valence electrons. The van der Waals surface area contributed by atoms with Crippen molar-refractivity contribution >= 4 is 39.5 Å². The van der Waals surface area contributed by atoms with Gasteiger partial charge in [-0.1, -0.05) is 0 Å². The van der Waals surface area contributed by atoms with Crippen LogP contribution in [0.2, 0.25) is 0 Å². The molecule has 0 radical (unpaired) electrons. The highest BCUT2D eigenvalue weighted by molar-refractivity contribution is 9.10. The van der Waals surface area contributed by atoms with Crippen LogP contribution >= 0.6 is 15.9 Å². The largest absolute Gasteiger partial charge is 0.459 e. The first-order valence-corrected chi connectivity index (χ1v) is 11.4. The van der Waals surface area contributed by atoms with Crippen molar-refractivity contribution in [3.63, 3.8) is 0 Å². The maximum Gasteiger partial charge on any atom is 0.290 e. The van der Waals surface area contributed by atoms with Gasteiger partial charge in [-0.25, -0.2) is 4.98 Å². The second-order valence-corrected chi connectivity index (χ2v) is 8.85. The molecule has 2 aliphatic rings. The number of furan rings is 1. The van der Waals surface area contributed by atoms with E-state index in [0.717, 1.165) is 17.3 Å². The van der Waals surface area contributed by atoms with Crippen molar-refractivity contribution in [2.24, 2.45) is 5.92 Å². The summed E-state index contributed by atoms with van der Waals surface area (Å²) in [6, 6.07) is 6.40. The summed E-state index contributed by atoms with van der Waals surface area (Å²) in [4.78, 5) is 46.2. The molecule has 0 saturated carbocycles. The molecule has 0 bridgehead atoms. The van der Waals surface area contributed by atoms with E-state index >= 15 is 0 Å². The van der Waals surface area contributed by atoms with E-state index in [1.807, 2.05) is 6.07 Å². The maximum atomic E-state index is 13.2. The van der Waals surface area contributed by atoms with Crippen LogP contribution in [-0.4, -0.2) is 58.2 Å². The van der Waals surface area contributed by atoms with Crippen molar-refractivity contribution in [2.75, 3.05) is 25.0 Å². The van der Waals surface area contributed by atoms with Gasteiger partial charge < -0.3 is 19.5 Å². The van der Waals surface area contributed by atoms with Crippen LogP contribution in [0.15, 0.2) is 45.6 Å². The average Bonchev–Trinajstić information content (AvgIpc) is 3.35. The van der Waals surface area contributed by atoms with Crippen LogP contribution in [-0.2, 0) is 9.59 Å². The van der Waals surface area contributed by atoms with Crippen LogP contribution in [0.4, 0.5) is 5.82 Å². The van der Waals surface area contributed by atoms with Gasteiger partial charge in [-0.2, -0.15) is 0 Å². The summed E-state index contributed by atoms with van der Waals surface area (Å²) >= 11 is 3.32. The average molecular weight is 489 g/mol. The number of aromatic nitrogens is 1. The minimum absolute atomic E-state index is 0.0342. The normalized spacial score (nSPS) is 19.8. The summed E-state index contributed by atoms with van der Waals surface area (Å²) in [7, 11) is 0. The molecule has 2 aliphatic heterocycles. The Morgan fingerprint density at radius 3 is 2.55 bits per heavy atom. The van der Waals surface area contributed by atoms with E-state index in [1.54, 1.807) is 34.2 Å². The summed E-state index contributed by atoms with van der Waals surface area (Å²) in [5.41, 5.74) is 0. The molecule has 2 fully saturated rings. The van der Waals surface area contributed by atoms with E-state index in [1.165, 1.54) is 6.26 Å². The number of amides is 3. The van der Waals surface area contributed by atoms with Crippen LogP contribution in [0, 0.1) is 5.92 Å². The van der Waals surface area contributed by atoms with Gasteiger partial charge in [-0.15, -0.1) is 0 Å². The quantitative estimate of drug-likeness (QED) is 0.711. The van der Waals surface area contributed by atoms with Crippen molar-refractivity contribution < 1.29 is 18.8 Å². The van der Waals surface area contributed by atoms with Gasteiger partial charge in [0.2, 0.25) is 11.8 Å². The molecular formula is C22H25BrN4O4. The van der Waals surface area contributed by atoms with Gasteiger partial charge in [-0.3, -0.25) is 14.4 Å². The molecule has 0 spiro atoms. The molecule has 4 heterocycles. The number of anilines is 1. The number of halogens is 1. The molecule has 4 rings (SSSR count). The Hall–Kier alpha value is -2.68. The molecule has 3 amide bonds. The van der Waals surface area contributed by atoms with Crippen LogP contribution in [0.5, 0.6) is 0 Å². The van der Waals surface area contributed by atoms with Crippen molar-refractivity contribution in [2.45, 2.75) is 38.1 Å². The van der Waals surface area contributed by atoms with Gasteiger partial charge >= 0.3 is 0 Å². The molecule has 1 N–H and O–H groups in total. The Kier molecular flexibility index (Phi) is 6.70. The fourth-order valence-corrected chi connectivity index (χ4v) is 4.46. The molecule has 8 nitrogen and oxygen atoms in total. The van der Waals surface area contributed by atoms with Crippen molar-refractivity contribution in [1.29, 1.82) is 0 Å². The van der Waals surface area contributed by atoms with Crippen LogP contribution in [0.1, 0.15) is 42.7 Å². The Morgan fingerprint density at radius 2 is 1.87 bits per heavy atom. The Morgan fingerprint density at radius 1 is 1.06 bits per heavy atom. The minimum atomic E-state index is -0.469. The third-order valence-electron chi connectivity index (χ3n) is 5.94. The minimum Gasteiger partial charge on any atom is -0.459 e. The lowest BCUT2D eigenvalue weighted by atomic mass is 9.94. The number of carbonyl (C=O) groups is 3. The first-order valence-electron chi connectivity index (χ1n) is 10.6. The molecule has 2 aromatic rings. The van der Waals surface area contributed by atoms with Gasteiger partial charge in [0.1, 0.15) is 11.9 Å². The fourth-order valence-electron chi connectivity index (χ4n) is 4.22. The lowest BCUT2D eigenvalue weighted by Gasteiger charge is -2.39. The molecule has 2 saturated heterocycles. The van der Waals surface area contributed by atoms with Crippen molar-refractivity contribution in [3.8, 4) is 0 Å². The van der Waals surface area contributed by atoms with Gasteiger partial charge in [0.15, 0.2) is 5.76 Å². The topological polar surface area (TPSA) is 95.8 Å². The number of pyridine rings is 1. The Labute approximate surface area is 189 Å². The summed E-state index contributed by atoms with van der Waals surface area (Å²) in [5.74, 6) is 0.265. The SMILES string of the molecule is O=C(Nc1ccc(Br)cn1)C1CCN(C(=O)C2CCCCN2C(=O)c2ccco2)CC1. The van der Waals surface area contributed by atoms with E-state index in [4.69, 9.17) is 4.42 Å². The number of piperidine rings is 2. The van der Waals surface area contributed by atoms with Crippen molar-refractivity contribution in [3.05, 3.63) is 47.0 Å². The lowest BCUT2D eigenvalue weighted by molar-refractivity contribution is -0.140.